The second kappa shape index (κ2) is 5.66. The van der Waals surface area contributed by atoms with Crippen LogP contribution in [0.2, 0.25) is 0 Å². The molecule has 100 valence electrons. The van der Waals surface area contributed by atoms with Crippen LogP contribution in [-0.4, -0.2) is 15.9 Å². The first kappa shape index (κ1) is 13.3. The van der Waals surface area contributed by atoms with Gasteiger partial charge in [-0.3, -0.25) is 4.79 Å². The maximum absolute atomic E-state index is 11.3. The first-order chi connectivity index (χ1) is 9.10. The summed E-state index contributed by atoms with van der Waals surface area (Å²) >= 11 is 1.63. The Hall–Kier alpha value is -2.15. The number of thiazole rings is 1. The summed E-state index contributed by atoms with van der Waals surface area (Å²) in [6, 6.07) is 1.51. The lowest BCUT2D eigenvalue weighted by Gasteiger charge is -2.08. The number of aryl methyl sites for hydroxylation is 1. The zero-order valence-electron chi connectivity index (χ0n) is 10.5. The lowest BCUT2D eigenvalue weighted by atomic mass is 10.2. The number of hydrogen-bond acceptors (Lipinski definition) is 6. The lowest BCUT2D eigenvalue weighted by Crippen LogP contribution is -2.16. The molecule has 0 fully saturated rings. The van der Waals surface area contributed by atoms with Crippen LogP contribution in [0.25, 0.3) is 0 Å². The maximum atomic E-state index is 11.3. The predicted molar refractivity (Wildman–Crippen MR) is 76.0 cm³/mol. The number of nitrogen functional groups attached to an aromatic ring is 1. The van der Waals surface area contributed by atoms with Crippen LogP contribution in [0.1, 0.15) is 27.2 Å². The molecule has 0 aromatic carbocycles. The van der Waals surface area contributed by atoms with Crippen molar-refractivity contribution in [2.45, 2.75) is 19.9 Å². The van der Waals surface area contributed by atoms with Gasteiger partial charge < -0.3 is 16.8 Å². The molecule has 0 bridgehead atoms. The van der Waals surface area contributed by atoms with E-state index < -0.39 is 5.91 Å². The van der Waals surface area contributed by atoms with Crippen LogP contribution >= 0.6 is 11.3 Å². The van der Waals surface area contributed by atoms with E-state index in [0.29, 0.717) is 18.1 Å². The summed E-state index contributed by atoms with van der Waals surface area (Å²) in [5, 5.41) is 3.99. The van der Waals surface area contributed by atoms with E-state index in [-0.39, 0.29) is 5.56 Å². The number of nitrogens with two attached hydrogens (primary N) is 2. The molecule has 5 N–H and O–H groups in total. The molecule has 1 amide bonds. The van der Waals surface area contributed by atoms with Gasteiger partial charge >= 0.3 is 0 Å². The Bertz CT molecular complexity index is 596. The molecule has 19 heavy (non-hydrogen) atoms. The normalized spacial score (nSPS) is 10.4. The Kier molecular flexibility index (Phi) is 3.96. The number of hydrogen-bond donors (Lipinski definition) is 3. The average molecular weight is 277 g/mol. The summed E-state index contributed by atoms with van der Waals surface area (Å²) in [7, 11) is 0. The van der Waals surface area contributed by atoms with Gasteiger partial charge in [-0.15, -0.1) is 11.3 Å². The Morgan fingerprint density at radius 3 is 2.84 bits per heavy atom. The van der Waals surface area contributed by atoms with Crippen LogP contribution in [0.3, 0.4) is 0 Å². The number of aromatic nitrogens is 2. The van der Waals surface area contributed by atoms with Crippen LogP contribution in [0, 0.1) is 0 Å². The van der Waals surface area contributed by atoms with Crippen LogP contribution in [-0.2, 0) is 13.0 Å². The van der Waals surface area contributed by atoms with E-state index in [9.17, 15) is 4.79 Å². The molecule has 0 saturated heterocycles. The number of primary amides is 1. The highest BCUT2D eigenvalue weighted by molar-refractivity contribution is 7.11. The molecule has 2 aromatic heterocycles. The van der Waals surface area contributed by atoms with Crippen LogP contribution < -0.4 is 16.8 Å². The number of nitrogens with one attached hydrogen (secondary N) is 1. The van der Waals surface area contributed by atoms with Crippen molar-refractivity contribution in [3.63, 3.8) is 0 Å². The molecule has 0 aliphatic heterocycles. The Balaban J connectivity index is 2.12. The minimum Gasteiger partial charge on any atom is -0.397 e. The molecule has 0 unspecified atom stereocenters. The number of amides is 1. The highest BCUT2D eigenvalue weighted by atomic mass is 32.1. The van der Waals surface area contributed by atoms with E-state index in [1.165, 1.54) is 17.1 Å². The number of carbonyl (C=O) groups is 1. The van der Waals surface area contributed by atoms with Crippen LogP contribution in [0.4, 0.5) is 11.5 Å². The average Bonchev–Trinajstić information content (AvgIpc) is 2.85. The third kappa shape index (κ3) is 3.19. The number of anilines is 2. The summed E-state index contributed by atoms with van der Waals surface area (Å²) in [5.41, 5.74) is 11.6. The monoisotopic (exact) mass is 277 g/mol. The Morgan fingerprint density at radius 1 is 1.42 bits per heavy atom. The van der Waals surface area contributed by atoms with Crippen molar-refractivity contribution >= 4 is 28.7 Å². The Labute approximate surface area is 114 Å². The summed E-state index contributed by atoms with van der Waals surface area (Å²) in [5.74, 6) is -0.134. The number of nitrogens with zero attached hydrogens (tertiary/aromatic N) is 2. The standard InChI is InChI=1S/C12H15N5OS/c1-2-8-5-15-10(19-8)6-17-12-9(11(14)18)3-7(13)4-16-12/h3-5H,2,6,13H2,1H3,(H2,14,18)(H,16,17). The fraction of sp³-hybridized carbons (Fsp3) is 0.250. The predicted octanol–water partition coefficient (Wildman–Crippen LogP) is 1.39. The van der Waals surface area contributed by atoms with Gasteiger partial charge in [-0.2, -0.15) is 0 Å². The van der Waals surface area contributed by atoms with Crippen molar-refractivity contribution in [1.82, 2.24) is 9.97 Å². The van der Waals surface area contributed by atoms with Crippen molar-refractivity contribution in [1.29, 1.82) is 0 Å². The number of pyridine rings is 1. The Morgan fingerprint density at radius 2 is 2.21 bits per heavy atom. The third-order valence-electron chi connectivity index (χ3n) is 2.53. The smallest absolute Gasteiger partial charge is 0.252 e. The zero-order valence-corrected chi connectivity index (χ0v) is 11.3. The van der Waals surface area contributed by atoms with E-state index >= 15 is 0 Å². The molecule has 0 spiro atoms. The van der Waals surface area contributed by atoms with Crippen molar-refractivity contribution in [3.05, 3.63) is 33.9 Å². The summed E-state index contributed by atoms with van der Waals surface area (Å²) in [6.07, 6.45) is 4.30. The molecule has 2 heterocycles. The lowest BCUT2D eigenvalue weighted by molar-refractivity contribution is 0.100. The second-order valence-electron chi connectivity index (χ2n) is 3.96. The van der Waals surface area contributed by atoms with Gasteiger partial charge in [0.15, 0.2) is 0 Å². The zero-order chi connectivity index (χ0) is 13.8. The van der Waals surface area contributed by atoms with E-state index in [0.717, 1.165) is 11.4 Å². The minimum absolute atomic E-state index is 0.285. The van der Waals surface area contributed by atoms with Crippen LogP contribution in [0.5, 0.6) is 0 Å². The van der Waals surface area contributed by atoms with E-state index in [2.05, 4.69) is 22.2 Å². The molecule has 6 nitrogen and oxygen atoms in total. The fourth-order valence-corrected chi connectivity index (χ4v) is 2.36. The fourth-order valence-electron chi connectivity index (χ4n) is 1.56. The molecule has 0 saturated carbocycles. The van der Waals surface area contributed by atoms with Crippen LogP contribution in [0.15, 0.2) is 18.5 Å². The highest BCUT2D eigenvalue weighted by Gasteiger charge is 2.10. The summed E-state index contributed by atoms with van der Waals surface area (Å²) < 4.78 is 0. The highest BCUT2D eigenvalue weighted by Crippen LogP contribution is 2.18. The SMILES string of the molecule is CCc1cnc(CNc2ncc(N)cc2C(N)=O)s1. The maximum Gasteiger partial charge on any atom is 0.252 e. The van der Waals surface area contributed by atoms with Gasteiger partial charge in [0.05, 0.1) is 24.0 Å². The number of carbonyl (C=O) groups excluding carboxylic acids is 1. The van der Waals surface area contributed by atoms with Gasteiger partial charge in [0.2, 0.25) is 0 Å². The molecule has 0 aliphatic rings. The third-order valence-corrected chi connectivity index (χ3v) is 3.67. The van der Waals surface area contributed by atoms with E-state index in [1.807, 2.05) is 6.20 Å². The van der Waals surface area contributed by atoms with Gasteiger partial charge in [-0.1, -0.05) is 6.92 Å². The van der Waals surface area contributed by atoms with Gasteiger partial charge in [0.25, 0.3) is 5.91 Å². The van der Waals surface area contributed by atoms with E-state index in [4.69, 9.17) is 11.5 Å². The largest absolute Gasteiger partial charge is 0.397 e. The molecule has 2 aromatic rings. The summed E-state index contributed by atoms with van der Waals surface area (Å²) in [4.78, 5) is 20.9. The van der Waals surface area contributed by atoms with Crippen molar-refractivity contribution in [3.8, 4) is 0 Å². The first-order valence-corrected chi connectivity index (χ1v) is 6.64. The van der Waals surface area contributed by atoms with Crippen molar-refractivity contribution in [2.24, 2.45) is 5.73 Å². The van der Waals surface area contributed by atoms with Crippen molar-refractivity contribution < 1.29 is 4.79 Å². The number of rotatable bonds is 5. The molecule has 0 atom stereocenters. The molecule has 7 heteroatoms. The van der Waals surface area contributed by atoms with Gasteiger partial charge in [0.1, 0.15) is 10.8 Å². The molecule has 0 aliphatic carbocycles. The van der Waals surface area contributed by atoms with E-state index in [1.54, 1.807) is 11.3 Å². The minimum atomic E-state index is -0.560. The molecular formula is C12H15N5OS. The van der Waals surface area contributed by atoms with Gasteiger partial charge in [-0.05, 0) is 12.5 Å². The van der Waals surface area contributed by atoms with Gasteiger partial charge in [-0.25, -0.2) is 9.97 Å². The van der Waals surface area contributed by atoms with Crippen molar-refractivity contribution in [2.75, 3.05) is 11.1 Å². The quantitative estimate of drug-likeness (QED) is 0.765. The summed E-state index contributed by atoms with van der Waals surface area (Å²) in [6.45, 7) is 2.58. The molecule has 0 radical (unpaired) electrons. The topological polar surface area (TPSA) is 107 Å². The molecular weight excluding hydrogens is 262 g/mol. The first-order valence-electron chi connectivity index (χ1n) is 5.83. The molecule has 2 rings (SSSR count). The second-order valence-corrected chi connectivity index (χ2v) is 5.16. The van der Waals surface area contributed by atoms with Gasteiger partial charge in [0, 0.05) is 11.1 Å².